The molecule has 0 aromatic heterocycles. The van der Waals surface area contributed by atoms with Gasteiger partial charge in [-0.05, 0) is 61.8 Å². The zero-order chi connectivity index (χ0) is 20.8. The molecule has 0 fully saturated rings. The number of amides is 2. The van der Waals surface area contributed by atoms with Crippen LogP contribution in [0.4, 0.5) is 9.18 Å². The predicted molar refractivity (Wildman–Crippen MR) is 96.4 cm³/mol. The Morgan fingerprint density at radius 1 is 0.923 bits per heavy atom. The monoisotopic (exact) mass is 376 g/mol. The molecule has 0 aliphatic heterocycles. The van der Waals surface area contributed by atoms with Crippen molar-refractivity contribution in [3.63, 3.8) is 0 Å². The van der Waals surface area contributed by atoms with E-state index in [1.54, 1.807) is 41.5 Å². The topological polar surface area (TPSA) is 93.7 Å². The summed E-state index contributed by atoms with van der Waals surface area (Å²) in [5.74, 6) is -1.23. The lowest BCUT2D eigenvalue weighted by molar-refractivity contribution is -0.155. The largest absolute Gasteiger partial charge is 0.460 e. The molecule has 0 saturated carbocycles. The molecule has 0 aliphatic rings. The highest BCUT2D eigenvalue weighted by atomic mass is 19.1. The molecule has 2 N–H and O–H groups in total. The molecule has 26 heavy (non-hydrogen) atoms. The maximum Gasteiger partial charge on any atom is 0.407 e. The van der Waals surface area contributed by atoms with Gasteiger partial charge in [0.25, 0.3) is 5.91 Å². The summed E-state index contributed by atoms with van der Waals surface area (Å²) in [6.07, 6.45) is -0.436. The summed E-state index contributed by atoms with van der Waals surface area (Å²) >= 11 is 0. The number of hydrogen-bond donors (Lipinski definition) is 2. The van der Waals surface area contributed by atoms with E-state index >= 15 is 0 Å². The highest BCUT2D eigenvalue weighted by molar-refractivity contribution is 5.84. The summed E-state index contributed by atoms with van der Waals surface area (Å²) in [5.41, 5.74) is -3.34. The molecule has 7 nitrogen and oxygen atoms in total. The number of ether oxygens (including phenoxy) is 2. The first-order chi connectivity index (χ1) is 11.5. The summed E-state index contributed by atoms with van der Waals surface area (Å²) in [5, 5.41) is 5.02. The molecule has 2 amide bonds. The molecular formula is C18H33FN2O5. The zero-order valence-electron chi connectivity index (χ0n) is 17.1. The Hall–Kier alpha value is -1.86. The highest BCUT2D eigenvalue weighted by Crippen LogP contribution is 2.12. The minimum absolute atomic E-state index is 0.0335. The average molecular weight is 376 g/mol. The fourth-order valence-corrected chi connectivity index (χ4v) is 1.81. The van der Waals surface area contributed by atoms with E-state index < -0.39 is 40.9 Å². The minimum Gasteiger partial charge on any atom is -0.460 e. The first-order valence-corrected chi connectivity index (χ1v) is 8.68. The Morgan fingerprint density at radius 2 is 1.42 bits per heavy atom. The fraction of sp³-hybridized carbons (Fsp3) is 0.833. The van der Waals surface area contributed by atoms with Gasteiger partial charge in [0.05, 0.1) is 6.04 Å². The summed E-state index contributed by atoms with van der Waals surface area (Å²) < 4.78 is 24.0. The molecule has 0 bridgehead atoms. The van der Waals surface area contributed by atoms with Crippen LogP contribution in [-0.2, 0) is 19.1 Å². The van der Waals surface area contributed by atoms with Gasteiger partial charge in [0.1, 0.15) is 11.2 Å². The lowest BCUT2D eigenvalue weighted by atomic mass is 10.1. The van der Waals surface area contributed by atoms with Crippen LogP contribution in [0.3, 0.4) is 0 Å². The van der Waals surface area contributed by atoms with E-state index in [1.165, 1.54) is 0 Å². The normalized spacial score (nSPS) is 13.6. The molecule has 0 radical (unpaired) electrons. The van der Waals surface area contributed by atoms with E-state index in [0.29, 0.717) is 0 Å². The van der Waals surface area contributed by atoms with Gasteiger partial charge < -0.3 is 20.1 Å². The Kier molecular flexibility index (Phi) is 8.53. The molecule has 0 heterocycles. The molecule has 1 atom stereocenters. The van der Waals surface area contributed by atoms with E-state index in [-0.39, 0.29) is 19.4 Å². The fourth-order valence-electron chi connectivity index (χ4n) is 1.81. The Balaban J connectivity index is 4.80. The van der Waals surface area contributed by atoms with Gasteiger partial charge in [0, 0.05) is 13.0 Å². The number of alkyl carbamates (subject to hydrolysis) is 1. The number of hydrogen-bond acceptors (Lipinski definition) is 5. The number of halogens is 1. The minimum atomic E-state index is -2.04. The quantitative estimate of drug-likeness (QED) is 0.667. The molecule has 0 aromatic rings. The zero-order valence-corrected chi connectivity index (χ0v) is 17.1. The molecule has 8 heteroatoms. The second kappa shape index (κ2) is 9.19. The maximum atomic E-state index is 13.6. The van der Waals surface area contributed by atoms with Gasteiger partial charge in [-0.15, -0.1) is 0 Å². The first kappa shape index (κ1) is 24.1. The average Bonchev–Trinajstić information content (AvgIpc) is 2.36. The molecule has 0 spiro atoms. The summed E-state index contributed by atoms with van der Waals surface area (Å²) in [4.78, 5) is 35.5. The maximum absolute atomic E-state index is 13.6. The van der Waals surface area contributed by atoms with Crippen molar-refractivity contribution in [3.8, 4) is 0 Å². The van der Waals surface area contributed by atoms with Gasteiger partial charge in [0.15, 0.2) is 5.67 Å². The standard InChI is InChI=1S/C18H33FN2O5/c1-16(2,3)25-13(22)10-9-12(11-20-14(23)18(7,8)19)21-15(24)26-17(4,5)6/h12H,9-11H2,1-8H3,(H,20,23)(H,21,24)/t12-/m0/s1. The van der Waals surface area contributed by atoms with E-state index in [4.69, 9.17) is 9.47 Å². The third kappa shape index (κ3) is 12.5. The van der Waals surface area contributed by atoms with E-state index in [2.05, 4.69) is 10.6 Å². The van der Waals surface area contributed by atoms with Crippen LogP contribution in [0.25, 0.3) is 0 Å². The van der Waals surface area contributed by atoms with Crippen LogP contribution >= 0.6 is 0 Å². The van der Waals surface area contributed by atoms with E-state index in [0.717, 1.165) is 13.8 Å². The van der Waals surface area contributed by atoms with Gasteiger partial charge in [0.2, 0.25) is 0 Å². The second-order valence-corrected chi connectivity index (χ2v) is 8.65. The van der Waals surface area contributed by atoms with Gasteiger partial charge in [-0.3, -0.25) is 9.59 Å². The number of carbonyl (C=O) groups is 3. The van der Waals surface area contributed by atoms with Crippen molar-refractivity contribution in [1.29, 1.82) is 0 Å². The summed E-state index contributed by atoms with van der Waals surface area (Å²) in [6, 6.07) is -0.608. The van der Waals surface area contributed by atoms with Gasteiger partial charge >= 0.3 is 12.1 Å². The molecule has 0 aliphatic carbocycles. The first-order valence-electron chi connectivity index (χ1n) is 8.68. The third-order valence-corrected chi connectivity index (χ3v) is 2.89. The van der Waals surface area contributed by atoms with Gasteiger partial charge in [-0.2, -0.15) is 0 Å². The van der Waals surface area contributed by atoms with Crippen molar-refractivity contribution in [2.24, 2.45) is 0 Å². The Morgan fingerprint density at radius 3 is 1.85 bits per heavy atom. The van der Waals surface area contributed by atoms with Crippen molar-refractivity contribution in [2.45, 2.75) is 91.1 Å². The summed E-state index contributed by atoms with van der Waals surface area (Å²) in [7, 11) is 0. The molecule has 0 unspecified atom stereocenters. The van der Waals surface area contributed by atoms with Crippen LogP contribution in [0.15, 0.2) is 0 Å². The number of alkyl halides is 1. The van der Waals surface area contributed by atoms with Gasteiger partial charge in [-0.25, -0.2) is 9.18 Å². The highest BCUT2D eigenvalue weighted by Gasteiger charge is 2.28. The second-order valence-electron chi connectivity index (χ2n) is 8.65. The van der Waals surface area contributed by atoms with Crippen LogP contribution < -0.4 is 10.6 Å². The lowest BCUT2D eigenvalue weighted by Crippen LogP contribution is -2.48. The number of nitrogens with one attached hydrogen (secondary N) is 2. The van der Waals surface area contributed by atoms with E-state index in [9.17, 15) is 18.8 Å². The molecular weight excluding hydrogens is 343 g/mol. The van der Waals surface area contributed by atoms with E-state index in [1.807, 2.05) is 0 Å². The van der Waals surface area contributed by atoms with Crippen molar-refractivity contribution < 1.29 is 28.2 Å². The SMILES string of the molecule is CC(C)(C)OC(=O)CC[C@@H](CNC(=O)C(C)(C)F)NC(=O)OC(C)(C)C. The third-order valence-electron chi connectivity index (χ3n) is 2.89. The van der Waals surface area contributed by atoms with Crippen LogP contribution in [0, 0.1) is 0 Å². The summed E-state index contributed by atoms with van der Waals surface area (Å²) in [6.45, 7) is 12.7. The Bertz CT molecular complexity index is 501. The molecule has 0 aromatic carbocycles. The number of carbonyl (C=O) groups excluding carboxylic acids is 3. The van der Waals surface area contributed by atoms with Crippen molar-refractivity contribution >= 4 is 18.0 Å². The molecule has 152 valence electrons. The van der Waals surface area contributed by atoms with Crippen LogP contribution in [0.1, 0.15) is 68.2 Å². The predicted octanol–water partition coefficient (Wildman–Crippen LogP) is 2.87. The number of esters is 1. The van der Waals surface area contributed by atoms with Crippen molar-refractivity contribution in [3.05, 3.63) is 0 Å². The Labute approximate surface area is 155 Å². The molecule has 0 saturated heterocycles. The van der Waals surface area contributed by atoms with Crippen LogP contribution in [-0.4, -0.2) is 47.4 Å². The number of rotatable bonds is 7. The smallest absolute Gasteiger partial charge is 0.407 e. The van der Waals surface area contributed by atoms with Crippen molar-refractivity contribution in [1.82, 2.24) is 10.6 Å². The van der Waals surface area contributed by atoms with Crippen molar-refractivity contribution in [2.75, 3.05) is 6.54 Å². The van der Waals surface area contributed by atoms with Gasteiger partial charge in [-0.1, -0.05) is 0 Å². The van der Waals surface area contributed by atoms with Crippen LogP contribution in [0.2, 0.25) is 0 Å². The van der Waals surface area contributed by atoms with Crippen LogP contribution in [0.5, 0.6) is 0 Å². The lowest BCUT2D eigenvalue weighted by Gasteiger charge is -2.25. The molecule has 0 rings (SSSR count).